The smallest absolute Gasteiger partial charge is 0.265 e. The van der Waals surface area contributed by atoms with E-state index in [1.54, 1.807) is 39.3 Å². The zero-order valence-corrected chi connectivity index (χ0v) is 16.3. The molecule has 0 aliphatic heterocycles. The van der Waals surface area contributed by atoms with E-state index in [2.05, 4.69) is 25.2 Å². The van der Waals surface area contributed by atoms with Gasteiger partial charge in [0.25, 0.3) is 5.91 Å². The van der Waals surface area contributed by atoms with Gasteiger partial charge in [-0.3, -0.25) is 4.79 Å². The minimum absolute atomic E-state index is 0.258. The lowest BCUT2D eigenvalue weighted by molar-refractivity contribution is -0.122. The number of carbonyl (C=O) groups excluding carboxylic acids is 1. The summed E-state index contributed by atoms with van der Waals surface area (Å²) in [5.74, 6) is 2.05. The summed E-state index contributed by atoms with van der Waals surface area (Å²) in [5, 5.41) is 2.84. The van der Waals surface area contributed by atoms with Crippen molar-refractivity contribution in [1.82, 2.24) is 0 Å². The number of hydrogen-bond acceptors (Lipinski definition) is 4. The molecule has 0 saturated carbocycles. The molecular weight excluding hydrogens is 330 g/mol. The molecule has 0 aliphatic carbocycles. The number of anilines is 1. The first-order valence-corrected chi connectivity index (χ1v) is 8.65. The number of aryl methyl sites for hydroxylation is 1. The summed E-state index contributed by atoms with van der Waals surface area (Å²) in [5.41, 5.74) is 2.71. The maximum absolute atomic E-state index is 12.6. The van der Waals surface area contributed by atoms with Crippen LogP contribution in [0, 0.1) is 6.92 Å². The van der Waals surface area contributed by atoms with E-state index in [0.29, 0.717) is 23.1 Å². The van der Waals surface area contributed by atoms with Crippen molar-refractivity contribution in [3.05, 3.63) is 47.5 Å². The fourth-order valence-electron chi connectivity index (χ4n) is 2.49. The Balaban J connectivity index is 2.15. The number of ether oxygens (including phenoxy) is 3. The molecule has 1 amide bonds. The minimum Gasteiger partial charge on any atom is -0.497 e. The van der Waals surface area contributed by atoms with Gasteiger partial charge >= 0.3 is 0 Å². The molecule has 0 radical (unpaired) electrons. The van der Waals surface area contributed by atoms with E-state index in [-0.39, 0.29) is 5.91 Å². The van der Waals surface area contributed by atoms with Crippen LogP contribution in [-0.2, 0) is 4.79 Å². The van der Waals surface area contributed by atoms with Crippen molar-refractivity contribution in [2.75, 3.05) is 19.5 Å². The zero-order chi connectivity index (χ0) is 19.3. The van der Waals surface area contributed by atoms with Crippen LogP contribution in [0.2, 0.25) is 0 Å². The average Bonchev–Trinajstić information content (AvgIpc) is 2.63. The summed E-state index contributed by atoms with van der Waals surface area (Å²) in [6, 6.07) is 11.3. The molecule has 0 bridgehead atoms. The fourth-order valence-corrected chi connectivity index (χ4v) is 2.49. The van der Waals surface area contributed by atoms with Crippen LogP contribution in [0.15, 0.2) is 36.4 Å². The number of hydrogen-bond donors (Lipinski definition) is 1. The van der Waals surface area contributed by atoms with Gasteiger partial charge in [0.2, 0.25) is 0 Å². The molecule has 0 spiro atoms. The first-order chi connectivity index (χ1) is 12.3. The lowest BCUT2D eigenvalue weighted by Crippen LogP contribution is -2.30. The first kappa shape index (κ1) is 19.6. The maximum atomic E-state index is 12.6. The van der Waals surface area contributed by atoms with Gasteiger partial charge < -0.3 is 19.5 Å². The van der Waals surface area contributed by atoms with E-state index in [1.807, 2.05) is 19.1 Å². The largest absolute Gasteiger partial charge is 0.497 e. The summed E-state index contributed by atoms with van der Waals surface area (Å²) >= 11 is 0. The third-order valence-electron chi connectivity index (χ3n) is 4.22. The van der Waals surface area contributed by atoms with E-state index in [9.17, 15) is 4.79 Å². The Hall–Kier alpha value is -2.69. The average molecular weight is 357 g/mol. The van der Waals surface area contributed by atoms with Crippen LogP contribution in [-0.4, -0.2) is 26.2 Å². The monoisotopic (exact) mass is 357 g/mol. The van der Waals surface area contributed by atoms with E-state index < -0.39 is 6.10 Å². The maximum Gasteiger partial charge on any atom is 0.265 e. The van der Waals surface area contributed by atoms with Gasteiger partial charge in [-0.1, -0.05) is 26.0 Å². The normalized spacial score (nSPS) is 11.8. The van der Waals surface area contributed by atoms with Crippen molar-refractivity contribution < 1.29 is 19.0 Å². The van der Waals surface area contributed by atoms with Crippen LogP contribution >= 0.6 is 0 Å². The van der Waals surface area contributed by atoms with Crippen LogP contribution in [0.25, 0.3) is 0 Å². The first-order valence-electron chi connectivity index (χ1n) is 8.65. The standard InChI is InChI=1S/C21H27NO4/c1-13(2)16-8-7-14(3)20(11-16)26-15(4)21(23)22-18-12-17(24-5)9-10-19(18)25-6/h7-13,15H,1-6H3,(H,22,23). The summed E-state index contributed by atoms with van der Waals surface area (Å²) in [6.45, 7) is 7.94. The summed E-state index contributed by atoms with van der Waals surface area (Å²) < 4.78 is 16.4. The summed E-state index contributed by atoms with van der Waals surface area (Å²) in [6.07, 6.45) is -0.660. The number of benzene rings is 2. The van der Waals surface area contributed by atoms with Crippen molar-refractivity contribution in [2.24, 2.45) is 0 Å². The topological polar surface area (TPSA) is 56.8 Å². The van der Waals surface area contributed by atoms with Gasteiger partial charge in [-0.15, -0.1) is 0 Å². The van der Waals surface area contributed by atoms with E-state index >= 15 is 0 Å². The second-order valence-electron chi connectivity index (χ2n) is 6.50. The molecule has 2 aromatic carbocycles. The number of rotatable bonds is 7. The molecule has 0 saturated heterocycles. The third kappa shape index (κ3) is 4.69. The Morgan fingerprint density at radius 1 is 0.962 bits per heavy atom. The van der Waals surface area contributed by atoms with Crippen molar-refractivity contribution in [3.63, 3.8) is 0 Å². The van der Waals surface area contributed by atoms with Crippen LogP contribution in [0.1, 0.15) is 37.8 Å². The molecule has 1 atom stereocenters. The van der Waals surface area contributed by atoms with Crippen LogP contribution in [0.3, 0.4) is 0 Å². The SMILES string of the molecule is COc1ccc(OC)c(NC(=O)C(C)Oc2cc(C(C)C)ccc2C)c1. The molecule has 0 fully saturated rings. The van der Waals surface area contributed by atoms with Crippen molar-refractivity contribution in [1.29, 1.82) is 0 Å². The highest BCUT2D eigenvalue weighted by Gasteiger charge is 2.18. The van der Waals surface area contributed by atoms with Gasteiger partial charge in [-0.2, -0.15) is 0 Å². The quantitative estimate of drug-likeness (QED) is 0.790. The number of nitrogens with one attached hydrogen (secondary N) is 1. The Labute approximate surface area is 155 Å². The van der Waals surface area contributed by atoms with E-state index in [0.717, 1.165) is 11.3 Å². The highest BCUT2D eigenvalue weighted by molar-refractivity contribution is 5.95. The number of methoxy groups -OCH3 is 2. The number of carbonyl (C=O) groups is 1. The third-order valence-corrected chi connectivity index (χ3v) is 4.22. The Bertz CT molecular complexity index is 771. The van der Waals surface area contributed by atoms with Gasteiger partial charge in [-0.25, -0.2) is 0 Å². The Kier molecular flexibility index (Phi) is 6.50. The van der Waals surface area contributed by atoms with Gasteiger partial charge in [-0.05, 0) is 49.1 Å². The van der Waals surface area contributed by atoms with Crippen molar-refractivity contribution in [3.8, 4) is 17.2 Å². The molecule has 26 heavy (non-hydrogen) atoms. The molecular formula is C21H27NO4. The van der Waals surface area contributed by atoms with Crippen molar-refractivity contribution in [2.45, 2.75) is 39.7 Å². The van der Waals surface area contributed by atoms with Crippen molar-refractivity contribution >= 4 is 11.6 Å². The molecule has 140 valence electrons. The second-order valence-corrected chi connectivity index (χ2v) is 6.50. The van der Waals surface area contributed by atoms with Gasteiger partial charge in [0.05, 0.1) is 19.9 Å². The second kappa shape index (κ2) is 8.61. The molecule has 1 unspecified atom stereocenters. The minimum atomic E-state index is -0.660. The van der Waals surface area contributed by atoms with E-state index in [4.69, 9.17) is 14.2 Å². The Morgan fingerprint density at radius 2 is 1.69 bits per heavy atom. The lowest BCUT2D eigenvalue weighted by atomic mass is 10.0. The molecule has 5 nitrogen and oxygen atoms in total. The predicted molar refractivity (Wildman–Crippen MR) is 104 cm³/mol. The summed E-state index contributed by atoms with van der Waals surface area (Å²) in [4.78, 5) is 12.6. The molecule has 2 aromatic rings. The van der Waals surface area contributed by atoms with Gasteiger partial charge in [0, 0.05) is 6.07 Å². The van der Waals surface area contributed by atoms with Gasteiger partial charge in [0.15, 0.2) is 6.10 Å². The zero-order valence-electron chi connectivity index (χ0n) is 16.3. The molecule has 0 heterocycles. The number of amides is 1. The lowest BCUT2D eigenvalue weighted by Gasteiger charge is -2.19. The molecule has 5 heteroatoms. The fraction of sp³-hybridized carbons (Fsp3) is 0.381. The Morgan fingerprint density at radius 3 is 2.31 bits per heavy atom. The molecule has 0 aromatic heterocycles. The highest BCUT2D eigenvalue weighted by atomic mass is 16.5. The van der Waals surface area contributed by atoms with Gasteiger partial charge in [0.1, 0.15) is 17.2 Å². The van der Waals surface area contributed by atoms with E-state index in [1.165, 1.54) is 5.56 Å². The summed E-state index contributed by atoms with van der Waals surface area (Å²) in [7, 11) is 3.13. The van der Waals surface area contributed by atoms with Crippen LogP contribution < -0.4 is 19.5 Å². The molecule has 1 N–H and O–H groups in total. The molecule has 2 rings (SSSR count). The predicted octanol–water partition coefficient (Wildman–Crippen LogP) is 4.54. The molecule has 0 aliphatic rings. The van der Waals surface area contributed by atoms with Crippen LogP contribution in [0.4, 0.5) is 5.69 Å². The van der Waals surface area contributed by atoms with Crippen LogP contribution in [0.5, 0.6) is 17.2 Å². The highest BCUT2D eigenvalue weighted by Crippen LogP contribution is 2.29.